The number of aryl methyl sites for hydroxylation is 1. The Bertz CT molecular complexity index is 809. The molecule has 0 spiro atoms. The van der Waals surface area contributed by atoms with E-state index in [1.165, 1.54) is 5.56 Å². The van der Waals surface area contributed by atoms with Crippen LogP contribution in [0, 0.1) is 6.92 Å². The zero-order valence-corrected chi connectivity index (χ0v) is 16.1. The van der Waals surface area contributed by atoms with E-state index in [1.54, 1.807) is 18.2 Å². The summed E-state index contributed by atoms with van der Waals surface area (Å²) in [6.45, 7) is 2.05. The molecule has 138 valence electrons. The molecule has 2 bridgehead atoms. The van der Waals surface area contributed by atoms with Crippen molar-refractivity contribution in [3.8, 4) is 5.75 Å². The van der Waals surface area contributed by atoms with Gasteiger partial charge in [-0.25, -0.2) is 0 Å². The van der Waals surface area contributed by atoms with Gasteiger partial charge in [0.1, 0.15) is 5.75 Å². The molecule has 1 amide bonds. The largest absolute Gasteiger partial charge is 0.482 e. The number of hydrogen-bond donors (Lipinski definition) is 0. The van der Waals surface area contributed by atoms with Crippen molar-refractivity contribution < 1.29 is 9.53 Å². The fourth-order valence-electron chi connectivity index (χ4n) is 4.21. The maximum Gasteiger partial charge on any atom is 0.261 e. The number of amides is 1. The summed E-state index contributed by atoms with van der Waals surface area (Å²) >= 11 is 12.0. The fraction of sp³-hybridized carbons (Fsp3) is 0.474. The molecule has 2 aliphatic rings. The van der Waals surface area contributed by atoms with Crippen LogP contribution in [-0.4, -0.2) is 39.3 Å². The topological polar surface area (TPSA) is 47.4 Å². The number of halogens is 2. The van der Waals surface area contributed by atoms with E-state index in [9.17, 15) is 4.79 Å². The van der Waals surface area contributed by atoms with Crippen LogP contribution in [0.4, 0.5) is 0 Å². The number of ether oxygens (including phenoxy) is 1. The minimum absolute atomic E-state index is 0.000102. The highest BCUT2D eigenvalue weighted by atomic mass is 35.5. The van der Waals surface area contributed by atoms with Crippen LogP contribution in [0.2, 0.25) is 10.0 Å². The molecule has 0 saturated carbocycles. The predicted octanol–water partition coefficient (Wildman–Crippen LogP) is 4.27. The number of carbonyl (C=O) groups is 1. The molecule has 1 aromatic carbocycles. The molecule has 26 heavy (non-hydrogen) atoms. The number of aromatic nitrogens is 2. The molecule has 2 atom stereocenters. The summed E-state index contributed by atoms with van der Waals surface area (Å²) in [5, 5.41) is 5.42. The Morgan fingerprint density at radius 2 is 1.96 bits per heavy atom. The van der Waals surface area contributed by atoms with Crippen molar-refractivity contribution in [3.05, 3.63) is 46.2 Å². The van der Waals surface area contributed by atoms with Crippen molar-refractivity contribution in [2.75, 3.05) is 6.61 Å². The summed E-state index contributed by atoms with van der Waals surface area (Å²) in [5.41, 5.74) is 1.17. The van der Waals surface area contributed by atoms with Gasteiger partial charge in [-0.2, -0.15) is 5.10 Å². The number of nitrogens with zero attached hydrogens (tertiary/aromatic N) is 3. The average molecular weight is 394 g/mol. The Hall–Kier alpha value is -1.72. The zero-order valence-electron chi connectivity index (χ0n) is 14.6. The van der Waals surface area contributed by atoms with Gasteiger partial charge in [0, 0.05) is 23.3 Å². The lowest BCUT2D eigenvalue weighted by Gasteiger charge is -2.39. The molecule has 5 nitrogen and oxygen atoms in total. The number of rotatable bonds is 4. The van der Waals surface area contributed by atoms with Crippen LogP contribution in [0.1, 0.15) is 37.3 Å². The van der Waals surface area contributed by atoms with E-state index < -0.39 is 0 Å². The van der Waals surface area contributed by atoms with Gasteiger partial charge < -0.3 is 9.64 Å². The summed E-state index contributed by atoms with van der Waals surface area (Å²) in [5.74, 6) is 0.511. The van der Waals surface area contributed by atoms with Crippen LogP contribution < -0.4 is 4.74 Å². The highest BCUT2D eigenvalue weighted by Crippen LogP contribution is 2.40. The number of piperidine rings is 1. The molecule has 7 heteroatoms. The standard InChI is InChI=1S/C19H21Cl2N3O2/c1-12-9-22-23(10-12)16-7-14-3-4-15(8-16)24(14)19(25)11-26-18-5-2-13(20)6-17(18)21/h2,5-6,9-10,14-16H,3-4,7-8,11H2,1H3. The molecule has 0 aliphatic carbocycles. The molecule has 1 aromatic heterocycles. The molecular formula is C19H21Cl2N3O2. The second kappa shape index (κ2) is 7.12. The van der Waals surface area contributed by atoms with Gasteiger partial charge in [0.25, 0.3) is 5.91 Å². The number of hydrogen-bond acceptors (Lipinski definition) is 3. The highest BCUT2D eigenvalue weighted by Gasteiger charge is 2.43. The Morgan fingerprint density at radius 3 is 2.58 bits per heavy atom. The van der Waals surface area contributed by atoms with Crippen molar-refractivity contribution >= 4 is 29.1 Å². The quantitative estimate of drug-likeness (QED) is 0.778. The normalized spacial score (nSPS) is 24.7. The molecule has 4 rings (SSSR count). The predicted molar refractivity (Wildman–Crippen MR) is 101 cm³/mol. The third kappa shape index (κ3) is 3.42. The molecule has 2 aromatic rings. The van der Waals surface area contributed by atoms with Crippen molar-refractivity contribution in [2.24, 2.45) is 0 Å². The molecule has 0 N–H and O–H groups in total. The van der Waals surface area contributed by atoms with E-state index in [0.717, 1.165) is 25.7 Å². The first-order chi connectivity index (χ1) is 12.5. The van der Waals surface area contributed by atoms with Gasteiger partial charge in [-0.15, -0.1) is 0 Å². The molecule has 2 fully saturated rings. The number of carbonyl (C=O) groups excluding carboxylic acids is 1. The summed E-state index contributed by atoms with van der Waals surface area (Å²) in [6.07, 6.45) is 7.98. The molecular weight excluding hydrogens is 373 g/mol. The lowest BCUT2D eigenvalue weighted by molar-refractivity contribution is -0.138. The van der Waals surface area contributed by atoms with Crippen molar-refractivity contribution in [1.82, 2.24) is 14.7 Å². The Morgan fingerprint density at radius 1 is 1.23 bits per heavy atom. The summed E-state index contributed by atoms with van der Waals surface area (Å²) in [6, 6.07) is 5.91. The molecule has 2 unspecified atom stereocenters. The third-order valence-electron chi connectivity index (χ3n) is 5.35. The molecule has 3 heterocycles. The van der Waals surface area contributed by atoms with Crippen LogP contribution in [0.15, 0.2) is 30.6 Å². The zero-order chi connectivity index (χ0) is 18.3. The van der Waals surface area contributed by atoms with Gasteiger partial charge in [0.2, 0.25) is 0 Å². The van der Waals surface area contributed by atoms with E-state index in [-0.39, 0.29) is 24.6 Å². The van der Waals surface area contributed by atoms with Gasteiger partial charge >= 0.3 is 0 Å². The van der Waals surface area contributed by atoms with Crippen LogP contribution in [0.25, 0.3) is 0 Å². The minimum atomic E-state index is -0.000102. The first kappa shape index (κ1) is 17.7. The fourth-order valence-corrected chi connectivity index (χ4v) is 4.67. The number of benzene rings is 1. The van der Waals surface area contributed by atoms with Gasteiger partial charge in [0.05, 0.1) is 17.3 Å². The minimum Gasteiger partial charge on any atom is -0.482 e. The summed E-state index contributed by atoms with van der Waals surface area (Å²) < 4.78 is 7.71. The van der Waals surface area contributed by atoms with Crippen LogP contribution in [-0.2, 0) is 4.79 Å². The van der Waals surface area contributed by atoms with E-state index in [0.29, 0.717) is 21.8 Å². The highest BCUT2D eigenvalue weighted by molar-refractivity contribution is 6.35. The summed E-state index contributed by atoms with van der Waals surface area (Å²) in [4.78, 5) is 14.8. The SMILES string of the molecule is Cc1cnn(C2CC3CCC(C2)N3C(=O)COc2ccc(Cl)cc2Cl)c1. The van der Waals surface area contributed by atoms with Gasteiger partial charge in [-0.05, 0) is 56.4 Å². The van der Waals surface area contributed by atoms with Crippen LogP contribution >= 0.6 is 23.2 Å². The second-order valence-corrected chi connectivity index (χ2v) is 8.02. The maximum absolute atomic E-state index is 12.8. The monoisotopic (exact) mass is 393 g/mol. The molecule has 0 radical (unpaired) electrons. The molecule has 2 saturated heterocycles. The Kier molecular flexibility index (Phi) is 4.84. The third-order valence-corrected chi connectivity index (χ3v) is 5.88. The van der Waals surface area contributed by atoms with Crippen LogP contribution in [0.5, 0.6) is 5.75 Å². The van der Waals surface area contributed by atoms with Gasteiger partial charge in [-0.1, -0.05) is 23.2 Å². The van der Waals surface area contributed by atoms with Crippen molar-refractivity contribution in [3.63, 3.8) is 0 Å². The Balaban J connectivity index is 1.40. The maximum atomic E-state index is 12.8. The van der Waals surface area contributed by atoms with Gasteiger partial charge in [0.15, 0.2) is 6.61 Å². The van der Waals surface area contributed by atoms with Crippen molar-refractivity contribution in [1.29, 1.82) is 0 Å². The van der Waals surface area contributed by atoms with E-state index in [4.69, 9.17) is 27.9 Å². The van der Waals surface area contributed by atoms with Crippen molar-refractivity contribution in [2.45, 2.75) is 50.7 Å². The average Bonchev–Trinajstić information content (AvgIpc) is 3.15. The van der Waals surface area contributed by atoms with Crippen LogP contribution in [0.3, 0.4) is 0 Å². The van der Waals surface area contributed by atoms with Gasteiger partial charge in [-0.3, -0.25) is 9.48 Å². The van der Waals surface area contributed by atoms with E-state index in [2.05, 4.69) is 22.9 Å². The first-order valence-corrected chi connectivity index (χ1v) is 9.66. The lowest BCUT2D eigenvalue weighted by atomic mass is 9.97. The second-order valence-electron chi connectivity index (χ2n) is 7.17. The number of fused-ring (bicyclic) bond motifs is 2. The molecule has 2 aliphatic heterocycles. The summed E-state index contributed by atoms with van der Waals surface area (Å²) in [7, 11) is 0. The van der Waals surface area contributed by atoms with E-state index >= 15 is 0 Å². The lowest BCUT2D eigenvalue weighted by Crippen LogP contribution is -2.48. The first-order valence-electron chi connectivity index (χ1n) is 8.91. The Labute approximate surface area is 162 Å². The van der Waals surface area contributed by atoms with E-state index in [1.807, 2.05) is 11.1 Å². The smallest absolute Gasteiger partial charge is 0.261 e.